The first-order chi connectivity index (χ1) is 11.6. The zero-order valence-corrected chi connectivity index (χ0v) is 14.0. The molecule has 0 bridgehead atoms. The molecule has 124 valence electrons. The first-order valence-corrected chi connectivity index (χ1v) is 8.21. The molecule has 1 fully saturated rings. The Morgan fingerprint density at radius 1 is 1.25 bits per heavy atom. The number of nitrogens with zero attached hydrogens (tertiary/aromatic N) is 2. The number of pyridine rings is 1. The Labute approximate surface area is 141 Å². The van der Waals surface area contributed by atoms with Gasteiger partial charge in [-0.25, -0.2) is 4.98 Å². The minimum atomic E-state index is -0.357. The van der Waals surface area contributed by atoms with E-state index in [1.165, 1.54) is 0 Å². The monoisotopic (exact) mass is 323 g/mol. The van der Waals surface area contributed by atoms with E-state index < -0.39 is 0 Å². The number of benzene rings is 1. The molecule has 0 radical (unpaired) electrons. The van der Waals surface area contributed by atoms with Crippen LogP contribution in [0.4, 0.5) is 11.5 Å². The number of anilines is 2. The standard InChI is InChI=1S/C19H21N3O2/c1-3-14-8-4-5-9-16(14)22-12-15(11-18(22)23)19(24)21-17-10-6-7-13(2)20-17/h4-10,15H,3,11-12H2,1-2H3,(H,20,21,24). The van der Waals surface area contributed by atoms with Crippen LogP contribution in [-0.2, 0) is 16.0 Å². The minimum absolute atomic E-state index is 0.00625. The summed E-state index contributed by atoms with van der Waals surface area (Å²) in [5, 5.41) is 2.82. The molecule has 5 heteroatoms. The topological polar surface area (TPSA) is 62.3 Å². The lowest BCUT2D eigenvalue weighted by Crippen LogP contribution is -2.29. The van der Waals surface area contributed by atoms with Crippen molar-refractivity contribution in [2.75, 3.05) is 16.8 Å². The molecule has 0 aliphatic carbocycles. The van der Waals surface area contributed by atoms with E-state index in [1.54, 1.807) is 11.0 Å². The smallest absolute Gasteiger partial charge is 0.230 e. The second-order valence-electron chi connectivity index (χ2n) is 6.04. The Morgan fingerprint density at radius 2 is 2.04 bits per heavy atom. The summed E-state index contributed by atoms with van der Waals surface area (Å²) >= 11 is 0. The van der Waals surface area contributed by atoms with Crippen molar-refractivity contribution in [2.45, 2.75) is 26.7 Å². The molecule has 1 aliphatic heterocycles. The summed E-state index contributed by atoms with van der Waals surface area (Å²) in [7, 11) is 0. The predicted octanol–water partition coefficient (Wildman–Crippen LogP) is 2.94. The van der Waals surface area contributed by atoms with Gasteiger partial charge in [0.05, 0.1) is 5.92 Å². The van der Waals surface area contributed by atoms with Crippen molar-refractivity contribution >= 4 is 23.3 Å². The molecule has 1 aromatic heterocycles. The number of aromatic nitrogens is 1. The quantitative estimate of drug-likeness (QED) is 0.941. The van der Waals surface area contributed by atoms with E-state index in [0.717, 1.165) is 23.4 Å². The van der Waals surface area contributed by atoms with Crippen molar-refractivity contribution in [3.05, 3.63) is 53.7 Å². The third kappa shape index (κ3) is 3.30. The van der Waals surface area contributed by atoms with E-state index in [1.807, 2.05) is 43.3 Å². The fraction of sp³-hybridized carbons (Fsp3) is 0.316. The van der Waals surface area contributed by atoms with E-state index in [9.17, 15) is 9.59 Å². The molecule has 0 spiro atoms. The van der Waals surface area contributed by atoms with E-state index in [0.29, 0.717) is 12.4 Å². The fourth-order valence-electron chi connectivity index (χ4n) is 3.03. The third-order valence-electron chi connectivity index (χ3n) is 4.30. The summed E-state index contributed by atoms with van der Waals surface area (Å²) in [5.74, 6) is 0.00997. The van der Waals surface area contributed by atoms with Crippen LogP contribution in [0.2, 0.25) is 0 Å². The SMILES string of the molecule is CCc1ccccc1N1CC(C(=O)Nc2cccc(C)n2)CC1=O. The van der Waals surface area contributed by atoms with Crippen LogP contribution >= 0.6 is 0 Å². The van der Waals surface area contributed by atoms with Crippen LogP contribution in [-0.4, -0.2) is 23.3 Å². The van der Waals surface area contributed by atoms with Gasteiger partial charge in [-0.05, 0) is 37.1 Å². The van der Waals surface area contributed by atoms with Crippen LogP contribution in [0.5, 0.6) is 0 Å². The number of rotatable bonds is 4. The molecule has 2 aromatic rings. The first-order valence-electron chi connectivity index (χ1n) is 8.21. The Kier molecular flexibility index (Phi) is 4.60. The summed E-state index contributed by atoms with van der Waals surface area (Å²) in [5.41, 5.74) is 2.87. The molecule has 24 heavy (non-hydrogen) atoms. The lowest BCUT2D eigenvalue weighted by atomic mass is 10.1. The Bertz CT molecular complexity index is 773. The van der Waals surface area contributed by atoms with Gasteiger partial charge in [0, 0.05) is 24.3 Å². The number of hydrogen-bond donors (Lipinski definition) is 1. The maximum absolute atomic E-state index is 12.5. The van der Waals surface area contributed by atoms with Gasteiger partial charge in [0.1, 0.15) is 5.82 Å². The number of para-hydroxylation sites is 1. The summed E-state index contributed by atoms with van der Waals surface area (Å²) in [6, 6.07) is 13.3. The molecule has 1 N–H and O–H groups in total. The number of aryl methyl sites for hydroxylation is 2. The largest absolute Gasteiger partial charge is 0.311 e. The van der Waals surface area contributed by atoms with Crippen molar-refractivity contribution < 1.29 is 9.59 Å². The van der Waals surface area contributed by atoms with Crippen LogP contribution in [0, 0.1) is 12.8 Å². The molecule has 1 aromatic carbocycles. The highest BCUT2D eigenvalue weighted by atomic mass is 16.2. The first kappa shape index (κ1) is 16.2. The molecule has 1 atom stereocenters. The van der Waals surface area contributed by atoms with Gasteiger partial charge in [-0.15, -0.1) is 0 Å². The lowest BCUT2D eigenvalue weighted by Gasteiger charge is -2.19. The van der Waals surface area contributed by atoms with Crippen LogP contribution < -0.4 is 10.2 Å². The minimum Gasteiger partial charge on any atom is -0.311 e. The Hall–Kier alpha value is -2.69. The molecule has 2 heterocycles. The van der Waals surface area contributed by atoms with Crippen molar-refractivity contribution in [3.63, 3.8) is 0 Å². The molecule has 5 nitrogen and oxygen atoms in total. The van der Waals surface area contributed by atoms with E-state index in [-0.39, 0.29) is 24.2 Å². The average molecular weight is 323 g/mol. The molecule has 1 unspecified atom stereocenters. The molecule has 0 saturated carbocycles. The number of hydrogen-bond acceptors (Lipinski definition) is 3. The van der Waals surface area contributed by atoms with E-state index in [4.69, 9.17) is 0 Å². The summed E-state index contributed by atoms with van der Waals surface area (Å²) in [6.45, 7) is 4.35. The van der Waals surface area contributed by atoms with Crippen molar-refractivity contribution in [3.8, 4) is 0 Å². The second kappa shape index (κ2) is 6.83. The number of carbonyl (C=O) groups is 2. The van der Waals surface area contributed by atoms with Crippen molar-refractivity contribution in [2.24, 2.45) is 5.92 Å². The second-order valence-corrected chi connectivity index (χ2v) is 6.04. The van der Waals surface area contributed by atoms with Gasteiger partial charge in [-0.1, -0.05) is 31.2 Å². The molecule has 1 saturated heterocycles. The maximum atomic E-state index is 12.5. The number of carbonyl (C=O) groups excluding carboxylic acids is 2. The van der Waals surface area contributed by atoms with Gasteiger partial charge in [-0.2, -0.15) is 0 Å². The maximum Gasteiger partial charge on any atom is 0.230 e. The van der Waals surface area contributed by atoms with E-state index in [2.05, 4.69) is 17.2 Å². The Balaban J connectivity index is 1.73. The average Bonchev–Trinajstić information content (AvgIpc) is 2.96. The van der Waals surface area contributed by atoms with Gasteiger partial charge in [0.25, 0.3) is 0 Å². The fourth-order valence-corrected chi connectivity index (χ4v) is 3.03. The molecular formula is C19H21N3O2. The zero-order chi connectivity index (χ0) is 17.1. The van der Waals surface area contributed by atoms with E-state index >= 15 is 0 Å². The number of nitrogens with one attached hydrogen (secondary N) is 1. The normalized spacial score (nSPS) is 17.2. The van der Waals surface area contributed by atoms with Gasteiger partial charge in [0.2, 0.25) is 11.8 Å². The molecule has 1 aliphatic rings. The van der Waals surface area contributed by atoms with Crippen LogP contribution in [0.1, 0.15) is 24.6 Å². The van der Waals surface area contributed by atoms with Crippen LogP contribution in [0.15, 0.2) is 42.5 Å². The highest BCUT2D eigenvalue weighted by Gasteiger charge is 2.35. The van der Waals surface area contributed by atoms with Crippen LogP contribution in [0.25, 0.3) is 0 Å². The highest BCUT2D eigenvalue weighted by Crippen LogP contribution is 2.29. The number of amides is 2. The highest BCUT2D eigenvalue weighted by molar-refractivity contribution is 6.03. The predicted molar refractivity (Wildman–Crippen MR) is 93.9 cm³/mol. The molecule has 2 amide bonds. The van der Waals surface area contributed by atoms with Gasteiger partial charge >= 0.3 is 0 Å². The van der Waals surface area contributed by atoms with Gasteiger partial charge in [0.15, 0.2) is 0 Å². The van der Waals surface area contributed by atoms with Crippen LogP contribution in [0.3, 0.4) is 0 Å². The lowest BCUT2D eigenvalue weighted by molar-refractivity contribution is -0.122. The zero-order valence-electron chi connectivity index (χ0n) is 14.0. The summed E-state index contributed by atoms with van der Waals surface area (Å²) < 4.78 is 0. The molecule has 3 rings (SSSR count). The van der Waals surface area contributed by atoms with Gasteiger partial charge in [-0.3, -0.25) is 9.59 Å². The summed E-state index contributed by atoms with van der Waals surface area (Å²) in [4.78, 5) is 30.9. The third-order valence-corrected chi connectivity index (χ3v) is 4.30. The van der Waals surface area contributed by atoms with Crippen molar-refractivity contribution in [1.29, 1.82) is 0 Å². The van der Waals surface area contributed by atoms with Gasteiger partial charge < -0.3 is 10.2 Å². The van der Waals surface area contributed by atoms with Crippen molar-refractivity contribution in [1.82, 2.24) is 4.98 Å². The summed E-state index contributed by atoms with van der Waals surface area (Å²) in [6.07, 6.45) is 1.08. The molecular weight excluding hydrogens is 302 g/mol. The Morgan fingerprint density at radius 3 is 2.79 bits per heavy atom.